The van der Waals surface area contributed by atoms with Crippen LogP contribution < -0.4 is 10.0 Å². The van der Waals surface area contributed by atoms with Gasteiger partial charge in [0, 0.05) is 12.8 Å². The van der Waals surface area contributed by atoms with Crippen molar-refractivity contribution in [1.29, 1.82) is 0 Å². The summed E-state index contributed by atoms with van der Waals surface area (Å²) in [7, 11) is -1.51. The van der Waals surface area contributed by atoms with Crippen LogP contribution in [0.5, 0.6) is 5.75 Å². The van der Waals surface area contributed by atoms with Crippen molar-refractivity contribution in [1.82, 2.24) is 0 Å². The van der Waals surface area contributed by atoms with Gasteiger partial charge in [-0.25, -0.2) is 0 Å². The highest BCUT2D eigenvalue weighted by molar-refractivity contribution is 7.53. The molecule has 0 aromatic heterocycles. The molecular weight excluding hydrogens is 275 g/mol. The summed E-state index contributed by atoms with van der Waals surface area (Å²) in [6, 6.07) is 7.41. The van der Waals surface area contributed by atoms with Crippen molar-refractivity contribution in [2.24, 2.45) is 0 Å². The highest BCUT2D eigenvalue weighted by atomic mass is 31.1. The molecule has 1 aromatic rings. The monoisotopic (exact) mass is 297 g/mol. The van der Waals surface area contributed by atoms with Gasteiger partial charge in [-0.05, 0) is 18.6 Å². The van der Waals surface area contributed by atoms with Crippen LogP contribution in [0.4, 0.5) is 0 Å². The molecule has 0 amide bonds. The number of carbonyl (C=O) groups is 1. The van der Waals surface area contributed by atoms with E-state index in [4.69, 9.17) is 9.47 Å². The Kier molecular flexibility index (Phi) is 7.89. The van der Waals surface area contributed by atoms with Gasteiger partial charge < -0.3 is 9.47 Å². The molecule has 0 bridgehead atoms. The molecule has 0 aliphatic heterocycles. The van der Waals surface area contributed by atoms with E-state index >= 15 is 0 Å². The maximum absolute atomic E-state index is 12.3. The number of carbonyl (C=O) groups excluding carboxylic acids is 1. The maximum Gasteiger partial charge on any atom is 0.380 e. The molecule has 20 heavy (non-hydrogen) atoms. The van der Waals surface area contributed by atoms with E-state index in [-0.39, 0.29) is 5.97 Å². The zero-order valence-corrected chi connectivity index (χ0v) is 13.0. The van der Waals surface area contributed by atoms with Crippen molar-refractivity contribution in [2.75, 3.05) is 19.4 Å². The molecule has 0 spiro atoms. The molecule has 0 saturated heterocycles. The largest absolute Gasteiger partial charge is 0.489 e. The van der Waals surface area contributed by atoms with Crippen molar-refractivity contribution in [3.63, 3.8) is 0 Å². The van der Waals surface area contributed by atoms with Gasteiger partial charge in [0.2, 0.25) is 5.30 Å². The van der Waals surface area contributed by atoms with Gasteiger partial charge in [0.25, 0.3) is 0 Å². The van der Waals surface area contributed by atoms with E-state index < -0.39 is 7.80 Å². The van der Waals surface area contributed by atoms with E-state index in [0.717, 1.165) is 11.7 Å². The quantitative estimate of drug-likeness (QED) is 0.399. The summed E-state index contributed by atoms with van der Waals surface area (Å²) in [5, 5.41) is 0.748. The Hall–Kier alpha value is -1.41. The fraction of sp³-hybridized carbons (Fsp3) is 0.533. The summed E-state index contributed by atoms with van der Waals surface area (Å²) < 4.78 is 22.8. The second-order valence-electron chi connectivity index (χ2n) is 4.35. The normalized spacial score (nSPS) is 11.0. The van der Waals surface area contributed by atoms with Crippen LogP contribution in [0.2, 0.25) is 0 Å². The first-order valence-electron chi connectivity index (χ1n) is 7.01. The number of ether oxygens (including phenoxy) is 2. The maximum atomic E-state index is 12.3. The molecule has 0 heterocycles. The minimum atomic E-state index is -1.51. The smallest absolute Gasteiger partial charge is 0.380 e. The minimum Gasteiger partial charge on any atom is -0.489 e. The molecule has 1 unspecified atom stereocenters. The fourth-order valence-electron chi connectivity index (χ4n) is 1.61. The van der Waals surface area contributed by atoms with Gasteiger partial charge in [-0.2, -0.15) is 0 Å². The van der Waals surface area contributed by atoms with Crippen LogP contribution in [0.3, 0.4) is 0 Å². The Morgan fingerprint density at radius 3 is 2.65 bits per heavy atom. The lowest BCUT2D eigenvalue weighted by atomic mass is 10.3. The van der Waals surface area contributed by atoms with Gasteiger partial charge in [0.05, 0.1) is 13.2 Å². The van der Waals surface area contributed by atoms with E-state index in [1.54, 1.807) is 6.92 Å². The molecule has 1 atom stereocenters. The van der Waals surface area contributed by atoms with Gasteiger partial charge in [-0.15, -0.1) is 0 Å². The highest BCUT2D eigenvalue weighted by Crippen LogP contribution is 2.26. The number of para-hydroxylation sites is 1. The van der Waals surface area contributed by atoms with Crippen molar-refractivity contribution in [2.45, 2.75) is 33.1 Å². The molecule has 0 N–H and O–H groups in total. The van der Waals surface area contributed by atoms with Gasteiger partial charge in [0.15, 0.2) is 11.9 Å². The second-order valence-corrected chi connectivity index (χ2v) is 6.03. The average molecular weight is 297 g/mol. The third-order valence-electron chi connectivity index (χ3n) is 2.65. The third kappa shape index (κ3) is 5.70. The topological polar surface area (TPSA) is 52.6 Å². The summed E-state index contributed by atoms with van der Waals surface area (Å²) in [5.74, 6) is 0.480. The molecule has 1 rings (SSSR count). The van der Waals surface area contributed by atoms with Crippen LogP contribution in [-0.4, -0.2) is 25.3 Å². The van der Waals surface area contributed by atoms with Crippen LogP contribution >= 0.6 is 7.80 Å². The first kappa shape index (κ1) is 16.6. The third-order valence-corrected chi connectivity index (χ3v) is 4.28. The average Bonchev–Trinajstić information content (AvgIpc) is 2.49. The molecule has 0 saturated carbocycles. The molecule has 5 heteroatoms. The van der Waals surface area contributed by atoms with Crippen LogP contribution in [0.15, 0.2) is 24.3 Å². The van der Waals surface area contributed by atoms with E-state index in [0.29, 0.717) is 38.0 Å². The molecule has 4 nitrogen and oxygen atoms in total. The Morgan fingerprint density at radius 1 is 1.20 bits per heavy atom. The van der Waals surface area contributed by atoms with Gasteiger partial charge in [-0.3, -0.25) is 4.79 Å². The number of rotatable bonds is 9. The zero-order valence-electron chi connectivity index (χ0n) is 12.1. The standard InChI is InChI=1S/C15H22O4P/c1-3-10-18-13-8-5-6-9-14(13)20(17)12-7-11-19-15(16)4-2/h5-6,8-9H,3-4,7,10-12H2,1-2H3/q+1. The molecule has 0 radical (unpaired) electrons. The van der Waals surface area contributed by atoms with Crippen molar-refractivity contribution in [3.05, 3.63) is 24.3 Å². The lowest BCUT2D eigenvalue weighted by Crippen LogP contribution is -2.09. The van der Waals surface area contributed by atoms with Crippen LogP contribution in [0.25, 0.3) is 0 Å². The number of benzene rings is 1. The summed E-state index contributed by atoms with van der Waals surface area (Å²) in [4.78, 5) is 11.0. The first-order chi connectivity index (χ1) is 9.69. The van der Waals surface area contributed by atoms with Gasteiger partial charge >= 0.3 is 13.8 Å². The van der Waals surface area contributed by atoms with Gasteiger partial charge in [0.1, 0.15) is 0 Å². The Bertz CT molecular complexity index is 445. The SMILES string of the molecule is CCCOc1ccccc1[P+](=O)CCCOC(=O)CC. The Balaban J connectivity index is 2.48. The molecule has 110 valence electrons. The van der Waals surface area contributed by atoms with Crippen LogP contribution in [0, 0.1) is 0 Å². The molecule has 1 aromatic carbocycles. The van der Waals surface area contributed by atoms with E-state index in [1.165, 1.54) is 0 Å². The van der Waals surface area contributed by atoms with E-state index in [9.17, 15) is 9.36 Å². The molecule has 0 fully saturated rings. The second kappa shape index (κ2) is 9.49. The van der Waals surface area contributed by atoms with E-state index in [2.05, 4.69) is 0 Å². The summed E-state index contributed by atoms with van der Waals surface area (Å²) >= 11 is 0. The first-order valence-corrected chi connectivity index (χ1v) is 8.45. The predicted octanol–water partition coefficient (Wildman–Crippen LogP) is 3.27. The van der Waals surface area contributed by atoms with Crippen LogP contribution in [-0.2, 0) is 14.1 Å². The summed E-state index contributed by atoms with van der Waals surface area (Å²) in [6.07, 6.45) is 2.39. The lowest BCUT2D eigenvalue weighted by molar-refractivity contribution is -0.143. The zero-order chi connectivity index (χ0) is 14.8. The molecule has 0 aliphatic carbocycles. The lowest BCUT2D eigenvalue weighted by Gasteiger charge is -2.04. The fourth-order valence-corrected chi connectivity index (χ4v) is 2.91. The minimum absolute atomic E-state index is 0.216. The highest BCUT2D eigenvalue weighted by Gasteiger charge is 2.24. The Labute approximate surface area is 121 Å². The van der Waals surface area contributed by atoms with Crippen LogP contribution in [0.1, 0.15) is 33.1 Å². The summed E-state index contributed by atoms with van der Waals surface area (Å²) in [5.41, 5.74) is 0. The predicted molar refractivity (Wildman–Crippen MR) is 80.2 cm³/mol. The summed E-state index contributed by atoms with van der Waals surface area (Å²) in [6.45, 7) is 4.73. The number of esters is 1. The Morgan fingerprint density at radius 2 is 1.95 bits per heavy atom. The van der Waals surface area contributed by atoms with Gasteiger partial charge in [-0.1, -0.05) is 30.5 Å². The van der Waals surface area contributed by atoms with Crippen molar-refractivity contribution in [3.8, 4) is 5.75 Å². The number of hydrogen-bond acceptors (Lipinski definition) is 4. The number of hydrogen-bond donors (Lipinski definition) is 0. The van der Waals surface area contributed by atoms with Crippen molar-refractivity contribution < 1.29 is 18.8 Å². The van der Waals surface area contributed by atoms with E-state index in [1.807, 2.05) is 31.2 Å². The van der Waals surface area contributed by atoms with Crippen molar-refractivity contribution >= 4 is 19.1 Å². The molecule has 0 aliphatic rings. The molecular formula is C15H22O4P+.